The van der Waals surface area contributed by atoms with E-state index in [1.165, 1.54) is 30.4 Å². The van der Waals surface area contributed by atoms with Crippen LogP contribution in [0.1, 0.15) is 73.6 Å². The second kappa shape index (κ2) is 10.5. The van der Waals surface area contributed by atoms with Gasteiger partial charge in [-0.25, -0.2) is 0 Å². The van der Waals surface area contributed by atoms with Crippen LogP contribution in [0.4, 0.5) is 0 Å². The van der Waals surface area contributed by atoms with E-state index in [1.54, 1.807) is 0 Å². The molecule has 0 bridgehead atoms. The molecule has 25 heavy (non-hydrogen) atoms. The Bertz CT molecular complexity index is 543. The van der Waals surface area contributed by atoms with Crippen LogP contribution in [-0.4, -0.2) is 19.4 Å². The maximum Gasteiger partial charge on any atom is 0.334 e. The van der Waals surface area contributed by atoms with E-state index in [0.29, 0.717) is 19.4 Å². The van der Waals surface area contributed by atoms with Gasteiger partial charge in [-0.15, -0.1) is 0 Å². The van der Waals surface area contributed by atoms with Gasteiger partial charge >= 0.3 is 7.60 Å². The van der Waals surface area contributed by atoms with Gasteiger partial charge in [0.1, 0.15) is 0 Å². The van der Waals surface area contributed by atoms with Crippen LogP contribution in [0.3, 0.4) is 0 Å². The highest BCUT2D eigenvalue weighted by Crippen LogP contribution is 2.48. The van der Waals surface area contributed by atoms with E-state index in [4.69, 9.17) is 9.05 Å². The average Bonchev–Trinajstić information content (AvgIpc) is 2.55. The van der Waals surface area contributed by atoms with Crippen molar-refractivity contribution in [1.82, 2.24) is 0 Å². The Hall–Kier alpha value is -0.630. The Morgan fingerprint density at radius 1 is 1.20 bits per heavy atom. The molecule has 0 aromatic carbocycles. The lowest BCUT2D eigenvalue weighted by atomic mass is 9.72. The fourth-order valence-corrected chi connectivity index (χ4v) is 4.87. The predicted octanol–water partition coefficient (Wildman–Crippen LogP) is 7.06. The smallest absolute Gasteiger partial charge is 0.308 e. The minimum absolute atomic E-state index is 0.239. The molecule has 4 heteroatoms. The van der Waals surface area contributed by atoms with E-state index >= 15 is 0 Å². The fraction of sp³-hybridized carbons (Fsp3) is 0.714. The van der Waals surface area contributed by atoms with Gasteiger partial charge in [0.25, 0.3) is 0 Å². The largest absolute Gasteiger partial charge is 0.334 e. The molecule has 0 amide bonds. The van der Waals surface area contributed by atoms with Crippen molar-refractivity contribution in [2.24, 2.45) is 5.41 Å². The van der Waals surface area contributed by atoms with E-state index in [9.17, 15) is 4.57 Å². The lowest BCUT2D eigenvalue weighted by Gasteiger charge is -2.33. The van der Waals surface area contributed by atoms with Gasteiger partial charge in [-0.1, -0.05) is 57.1 Å². The third-order valence-electron chi connectivity index (χ3n) is 4.68. The van der Waals surface area contributed by atoms with Gasteiger partial charge in [-0.05, 0) is 56.9 Å². The maximum absolute atomic E-state index is 12.8. The quantitative estimate of drug-likeness (QED) is 0.306. The summed E-state index contributed by atoms with van der Waals surface area (Å²) in [6, 6.07) is 0. The molecule has 0 heterocycles. The van der Waals surface area contributed by atoms with Crippen molar-refractivity contribution in [3.8, 4) is 0 Å². The third-order valence-corrected chi connectivity index (χ3v) is 6.46. The Morgan fingerprint density at radius 3 is 2.32 bits per heavy atom. The third kappa shape index (κ3) is 7.64. The van der Waals surface area contributed by atoms with Crippen molar-refractivity contribution in [1.29, 1.82) is 0 Å². The molecule has 0 saturated heterocycles. The van der Waals surface area contributed by atoms with Crippen molar-refractivity contribution in [3.63, 3.8) is 0 Å². The van der Waals surface area contributed by atoms with Crippen molar-refractivity contribution in [3.05, 3.63) is 34.9 Å². The van der Waals surface area contributed by atoms with Gasteiger partial charge in [0, 0.05) is 0 Å². The zero-order chi connectivity index (χ0) is 18.9. The molecule has 1 aliphatic rings. The second-order valence-electron chi connectivity index (χ2n) is 7.67. The molecule has 0 radical (unpaired) electrons. The van der Waals surface area contributed by atoms with Crippen LogP contribution in [0.5, 0.6) is 0 Å². The monoisotopic (exact) mass is 368 g/mol. The lowest BCUT2D eigenvalue weighted by Crippen LogP contribution is -2.19. The van der Waals surface area contributed by atoms with Crippen LogP contribution < -0.4 is 0 Å². The van der Waals surface area contributed by atoms with Crippen molar-refractivity contribution in [2.75, 3.05) is 19.4 Å². The molecular weight excluding hydrogens is 331 g/mol. The number of rotatable bonds is 10. The Labute approximate surface area is 155 Å². The summed E-state index contributed by atoms with van der Waals surface area (Å²) in [6.07, 6.45) is 12.1. The van der Waals surface area contributed by atoms with Crippen LogP contribution in [0, 0.1) is 5.41 Å². The molecule has 1 aliphatic carbocycles. The molecular formula is C21H37O3P. The molecule has 1 rings (SSSR count). The van der Waals surface area contributed by atoms with Crippen LogP contribution in [-0.2, 0) is 13.6 Å². The van der Waals surface area contributed by atoms with E-state index in [-0.39, 0.29) is 5.41 Å². The molecule has 144 valence electrons. The summed E-state index contributed by atoms with van der Waals surface area (Å²) >= 11 is 0. The van der Waals surface area contributed by atoms with Crippen LogP contribution in [0.15, 0.2) is 34.9 Å². The summed E-state index contributed by atoms with van der Waals surface area (Å²) in [5, 5.41) is 0. The molecule has 0 aliphatic heterocycles. The van der Waals surface area contributed by atoms with Gasteiger partial charge in [-0.2, -0.15) is 0 Å². The topological polar surface area (TPSA) is 35.5 Å². The first-order valence-electron chi connectivity index (χ1n) is 9.67. The lowest BCUT2D eigenvalue weighted by molar-refractivity contribution is 0.206. The molecule has 0 N–H and O–H groups in total. The second-order valence-corrected chi connectivity index (χ2v) is 9.78. The molecule has 0 aromatic heterocycles. The first-order valence-corrected chi connectivity index (χ1v) is 11.4. The van der Waals surface area contributed by atoms with E-state index in [1.807, 2.05) is 26.8 Å². The van der Waals surface area contributed by atoms with Crippen molar-refractivity contribution >= 4 is 7.60 Å². The summed E-state index contributed by atoms with van der Waals surface area (Å²) in [5.41, 5.74) is 4.27. The standard InChI is InChI=1S/C21H37O3P/c1-7-15-23-25(22,24-16-8-2)17-13-18(3)11-12-20-19(4)10-9-14-21(20,5)6/h11-13H,7-10,14-17H2,1-6H3. The molecule has 0 saturated carbocycles. The van der Waals surface area contributed by atoms with Gasteiger partial charge < -0.3 is 9.05 Å². The number of hydrogen-bond acceptors (Lipinski definition) is 3. The van der Waals surface area contributed by atoms with Crippen LogP contribution in [0.2, 0.25) is 0 Å². The van der Waals surface area contributed by atoms with Gasteiger partial charge in [0.05, 0.1) is 19.4 Å². The highest BCUT2D eigenvalue weighted by molar-refractivity contribution is 7.54. The minimum Gasteiger partial charge on any atom is -0.308 e. The van der Waals surface area contributed by atoms with Gasteiger partial charge in [0.15, 0.2) is 0 Å². The van der Waals surface area contributed by atoms with Crippen molar-refractivity contribution in [2.45, 2.75) is 73.6 Å². The molecule has 0 spiro atoms. The zero-order valence-electron chi connectivity index (χ0n) is 17.1. The van der Waals surface area contributed by atoms with Crippen LogP contribution >= 0.6 is 7.60 Å². The van der Waals surface area contributed by atoms with E-state index in [2.05, 4.69) is 32.9 Å². The van der Waals surface area contributed by atoms with E-state index < -0.39 is 7.60 Å². The maximum atomic E-state index is 12.8. The summed E-state index contributed by atoms with van der Waals surface area (Å²) in [5.74, 6) is 0. The summed E-state index contributed by atoms with van der Waals surface area (Å²) in [7, 11) is -3.02. The SMILES string of the molecule is CCCOP(=O)(CC=C(C)C=CC1=C(C)CCCC1(C)C)OCCC. The first-order chi connectivity index (χ1) is 11.7. The Balaban J connectivity index is 2.80. The first kappa shape index (κ1) is 22.4. The molecule has 0 aromatic rings. The highest BCUT2D eigenvalue weighted by atomic mass is 31.2. The van der Waals surface area contributed by atoms with Gasteiger partial charge in [0.2, 0.25) is 0 Å². The molecule has 3 nitrogen and oxygen atoms in total. The summed E-state index contributed by atoms with van der Waals surface area (Å²) in [4.78, 5) is 0. The fourth-order valence-electron chi connectivity index (χ4n) is 3.15. The van der Waals surface area contributed by atoms with Crippen molar-refractivity contribution < 1.29 is 13.6 Å². The number of allylic oxidation sites excluding steroid dienone is 6. The Kier molecular flexibility index (Phi) is 9.41. The molecule has 0 fully saturated rings. The highest BCUT2D eigenvalue weighted by Gasteiger charge is 2.26. The zero-order valence-corrected chi connectivity index (χ0v) is 18.0. The summed E-state index contributed by atoms with van der Waals surface area (Å²) < 4.78 is 23.8. The molecule has 0 unspecified atom stereocenters. The summed E-state index contributed by atoms with van der Waals surface area (Å²) in [6.45, 7) is 13.9. The Morgan fingerprint density at radius 2 is 1.80 bits per heavy atom. The normalized spacial score (nSPS) is 19.0. The minimum atomic E-state index is -3.02. The average molecular weight is 368 g/mol. The predicted molar refractivity (Wildman–Crippen MR) is 108 cm³/mol. The van der Waals surface area contributed by atoms with Gasteiger partial charge in [-0.3, -0.25) is 4.57 Å². The molecule has 0 atom stereocenters. The van der Waals surface area contributed by atoms with E-state index in [0.717, 1.165) is 18.4 Å². The van der Waals surface area contributed by atoms with Crippen LogP contribution in [0.25, 0.3) is 0 Å². The number of hydrogen-bond donors (Lipinski definition) is 0.